The number of nitriles is 1. The van der Waals surface area contributed by atoms with Crippen molar-refractivity contribution < 1.29 is 0 Å². The third-order valence-corrected chi connectivity index (χ3v) is 3.51. The third kappa shape index (κ3) is 2.30. The Labute approximate surface area is 113 Å². The van der Waals surface area contributed by atoms with Gasteiger partial charge in [-0.1, -0.05) is 18.2 Å². The normalized spacial score (nSPS) is 14.4. The van der Waals surface area contributed by atoms with Crippen LogP contribution in [0.2, 0.25) is 0 Å². The molecule has 1 aliphatic heterocycles. The van der Waals surface area contributed by atoms with E-state index in [2.05, 4.69) is 40.2 Å². The van der Waals surface area contributed by atoms with Gasteiger partial charge < -0.3 is 4.90 Å². The summed E-state index contributed by atoms with van der Waals surface area (Å²) in [6.45, 7) is 0.957. The van der Waals surface area contributed by atoms with Crippen molar-refractivity contribution in [2.24, 2.45) is 0 Å². The Kier molecular flexibility index (Phi) is 3.16. The van der Waals surface area contributed by atoms with Crippen LogP contribution in [0.4, 0.5) is 11.5 Å². The average Bonchev–Trinajstić information content (AvgIpc) is 2.69. The highest BCUT2D eigenvalue weighted by molar-refractivity contribution is 5.65. The lowest BCUT2D eigenvalue weighted by Crippen LogP contribution is -2.19. The molecule has 0 N–H and O–H groups in total. The van der Waals surface area contributed by atoms with Crippen molar-refractivity contribution in [3.63, 3.8) is 0 Å². The van der Waals surface area contributed by atoms with E-state index in [9.17, 15) is 0 Å². The molecule has 94 valence electrons. The van der Waals surface area contributed by atoms with Gasteiger partial charge in [-0.15, -0.1) is 0 Å². The first-order chi connectivity index (χ1) is 9.38. The largest absolute Gasteiger partial charge is 0.326 e. The molecule has 0 amide bonds. The number of nitrogens with zero attached hydrogens (tertiary/aromatic N) is 3. The minimum atomic E-state index is 0.659. The zero-order valence-corrected chi connectivity index (χ0v) is 10.7. The molecule has 0 spiro atoms. The second-order valence-electron chi connectivity index (χ2n) is 4.75. The topological polar surface area (TPSA) is 39.9 Å². The van der Waals surface area contributed by atoms with Crippen molar-refractivity contribution >= 4 is 11.5 Å². The van der Waals surface area contributed by atoms with Crippen molar-refractivity contribution in [3.05, 3.63) is 53.7 Å². The fraction of sp³-hybridized carbons (Fsp3) is 0.250. The summed E-state index contributed by atoms with van der Waals surface area (Å²) in [6, 6.07) is 14.3. The summed E-state index contributed by atoms with van der Waals surface area (Å²) in [7, 11) is 0. The van der Waals surface area contributed by atoms with Crippen LogP contribution in [0, 0.1) is 11.3 Å². The van der Waals surface area contributed by atoms with E-state index in [4.69, 9.17) is 5.26 Å². The van der Waals surface area contributed by atoms with Gasteiger partial charge in [-0.25, -0.2) is 4.98 Å². The predicted molar refractivity (Wildman–Crippen MR) is 75.3 cm³/mol. The maximum absolute atomic E-state index is 9.01. The smallest absolute Gasteiger partial charge is 0.134 e. The van der Waals surface area contributed by atoms with E-state index in [1.54, 1.807) is 12.3 Å². The number of benzene rings is 1. The molecular weight excluding hydrogens is 234 g/mol. The fourth-order valence-corrected chi connectivity index (χ4v) is 2.56. The summed E-state index contributed by atoms with van der Waals surface area (Å²) >= 11 is 0. The van der Waals surface area contributed by atoms with Crippen LogP contribution in [0.5, 0.6) is 0 Å². The van der Waals surface area contributed by atoms with Crippen LogP contribution >= 0.6 is 0 Å². The third-order valence-electron chi connectivity index (χ3n) is 3.51. The molecule has 2 aromatic rings. The molecule has 0 saturated heterocycles. The summed E-state index contributed by atoms with van der Waals surface area (Å²) < 4.78 is 0. The standard InChI is InChI=1S/C16H15N3/c17-12-13-8-9-18-16(11-13)19-10-4-3-6-14-5-1-2-7-15(14)19/h1-2,5,7-9,11H,3-4,6,10H2. The van der Waals surface area contributed by atoms with Crippen LogP contribution in [0.3, 0.4) is 0 Å². The number of hydrogen-bond donors (Lipinski definition) is 0. The van der Waals surface area contributed by atoms with E-state index in [1.807, 2.05) is 6.07 Å². The summed E-state index contributed by atoms with van der Waals surface area (Å²) in [5.41, 5.74) is 3.25. The number of rotatable bonds is 1. The Balaban J connectivity index is 2.07. The Morgan fingerprint density at radius 2 is 2.05 bits per heavy atom. The molecule has 3 nitrogen and oxygen atoms in total. The van der Waals surface area contributed by atoms with Gasteiger partial charge in [0.25, 0.3) is 0 Å². The van der Waals surface area contributed by atoms with E-state index in [0.717, 1.165) is 25.2 Å². The minimum Gasteiger partial charge on any atom is -0.326 e. The van der Waals surface area contributed by atoms with Gasteiger partial charge in [0, 0.05) is 18.4 Å². The average molecular weight is 249 g/mol. The summed E-state index contributed by atoms with van der Waals surface area (Å²) in [5, 5.41) is 9.01. The number of hydrogen-bond acceptors (Lipinski definition) is 3. The van der Waals surface area contributed by atoms with E-state index >= 15 is 0 Å². The van der Waals surface area contributed by atoms with Gasteiger partial charge >= 0.3 is 0 Å². The molecule has 2 heterocycles. The second kappa shape index (κ2) is 5.11. The van der Waals surface area contributed by atoms with E-state index in [1.165, 1.54) is 17.7 Å². The molecule has 0 radical (unpaired) electrons. The monoisotopic (exact) mass is 249 g/mol. The van der Waals surface area contributed by atoms with Gasteiger partial charge in [0.05, 0.1) is 11.6 Å². The molecule has 0 fully saturated rings. The van der Waals surface area contributed by atoms with Crippen LogP contribution in [0.25, 0.3) is 0 Å². The molecule has 19 heavy (non-hydrogen) atoms. The Hall–Kier alpha value is -2.34. The lowest BCUT2D eigenvalue weighted by Gasteiger charge is -2.23. The lowest BCUT2D eigenvalue weighted by atomic mass is 10.1. The van der Waals surface area contributed by atoms with E-state index in [0.29, 0.717) is 5.56 Å². The van der Waals surface area contributed by atoms with Crippen LogP contribution in [0.1, 0.15) is 24.0 Å². The molecule has 1 aromatic carbocycles. The zero-order chi connectivity index (χ0) is 13.1. The van der Waals surface area contributed by atoms with Crippen molar-refractivity contribution in [1.82, 2.24) is 4.98 Å². The number of fused-ring (bicyclic) bond motifs is 1. The highest BCUT2D eigenvalue weighted by Gasteiger charge is 2.17. The van der Waals surface area contributed by atoms with Gasteiger partial charge in [-0.05, 0) is 43.0 Å². The molecule has 0 bridgehead atoms. The van der Waals surface area contributed by atoms with Crippen molar-refractivity contribution in [2.75, 3.05) is 11.4 Å². The molecule has 0 atom stereocenters. The summed E-state index contributed by atoms with van der Waals surface area (Å²) in [4.78, 5) is 6.65. The molecule has 0 unspecified atom stereocenters. The quantitative estimate of drug-likeness (QED) is 0.777. The Morgan fingerprint density at radius 1 is 1.16 bits per heavy atom. The number of aryl methyl sites for hydroxylation is 1. The highest BCUT2D eigenvalue weighted by Crippen LogP contribution is 2.31. The summed E-state index contributed by atoms with van der Waals surface area (Å²) in [6.07, 6.45) is 5.17. The van der Waals surface area contributed by atoms with Gasteiger partial charge in [0.2, 0.25) is 0 Å². The van der Waals surface area contributed by atoms with Crippen LogP contribution < -0.4 is 4.90 Å². The van der Waals surface area contributed by atoms with Crippen LogP contribution in [0.15, 0.2) is 42.6 Å². The maximum atomic E-state index is 9.01. The molecule has 3 rings (SSSR count). The van der Waals surface area contributed by atoms with E-state index < -0.39 is 0 Å². The minimum absolute atomic E-state index is 0.659. The summed E-state index contributed by atoms with van der Waals surface area (Å²) in [5.74, 6) is 0.869. The fourth-order valence-electron chi connectivity index (χ4n) is 2.56. The molecule has 1 aromatic heterocycles. The number of aromatic nitrogens is 1. The molecule has 0 aliphatic carbocycles. The van der Waals surface area contributed by atoms with Gasteiger partial charge in [0.1, 0.15) is 5.82 Å². The highest BCUT2D eigenvalue weighted by atomic mass is 15.2. The zero-order valence-electron chi connectivity index (χ0n) is 10.7. The first-order valence-corrected chi connectivity index (χ1v) is 6.60. The first-order valence-electron chi connectivity index (χ1n) is 6.60. The van der Waals surface area contributed by atoms with E-state index in [-0.39, 0.29) is 0 Å². The van der Waals surface area contributed by atoms with Crippen LogP contribution in [-0.4, -0.2) is 11.5 Å². The van der Waals surface area contributed by atoms with Crippen molar-refractivity contribution in [3.8, 4) is 6.07 Å². The SMILES string of the molecule is N#Cc1ccnc(N2CCCCc3ccccc32)c1. The molecular formula is C16H15N3. The molecule has 3 heteroatoms. The number of pyridine rings is 1. The van der Waals surface area contributed by atoms with Crippen LogP contribution in [-0.2, 0) is 6.42 Å². The van der Waals surface area contributed by atoms with Crippen molar-refractivity contribution in [2.45, 2.75) is 19.3 Å². The van der Waals surface area contributed by atoms with Crippen molar-refractivity contribution in [1.29, 1.82) is 5.26 Å². The molecule has 0 saturated carbocycles. The maximum Gasteiger partial charge on any atom is 0.134 e. The van der Waals surface area contributed by atoms with Gasteiger partial charge in [-0.2, -0.15) is 5.26 Å². The lowest BCUT2D eigenvalue weighted by molar-refractivity contribution is 0.757. The Morgan fingerprint density at radius 3 is 2.95 bits per heavy atom. The second-order valence-corrected chi connectivity index (χ2v) is 4.75. The molecule has 1 aliphatic rings. The number of para-hydroxylation sites is 1. The number of anilines is 2. The Bertz CT molecular complexity index is 628. The first kappa shape index (κ1) is 11.7. The van der Waals surface area contributed by atoms with Gasteiger partial charge in [-0.3, -0.25) is 0 Å². The van der Waals surface area contributed by atoms with Gasteiger partial charge in [0.15, 0.2) is 0 Å². The predicted octanol–water partition coefficient (Wildman–Crippen LogP) is 3.43.